The molecule has 10 heavy (non-hydrogen) atoms. The van der Waals surface area contributed by atoms with Crippen molar-refractivity contribution in [3.63, 3.8) is 0 Å². The Morgan fingerprint density at radius 3 is 2.60 bits per heavy atom. The number of nitrogens with zero attached hydrogens (tertiary/aromatic N) is 2. The van der Waals surface area contributed by atoms with Crippen LogP contribution in [0.2, 0.25) is 5.15 Å². The summed E-state index contributed by atoms with van der Waals surface area (Å²) in [6, 6.07) is 0. The molecule has 3 nitrogen and oxygen atoms in total. The summed E-state index contributed by atoms with van der Waals surface area (Å²) >= 11 is 8.84. The monoisotopic (exact) mass is 221 g/mol. The molecule has 1 aromatic heterocycles. The summed E-state index contributed by atoms with van der Waals surface area (Å²) < 4.78 is 0.715. The highest BCUT2D eigenvalue weighted by Gasteiger charge is 2.05. The Labute approximate surface area is 71.7 Å². The van der Waals surface area contributed by atoms with Gasteiger partial charge >= 0.3 is 0 Å². The lowest BCUT2D eigenvalue weighted by Crippen LogP contribution is -1.96. The SMILES string of the molecule is Cc1c(Cl)nnc(N)c1Br. The molecule has 0 atom stereocenters. The Morgan fingerprint density at radius 2 is 2.10 bits per heavy atom. The zero-order valence-corrected chi connectivity index (χ0v) is 7.57. The Hall–Kier alpha value is -0.350. The van der Waals surface area contributed by atoms with Crippen molar-refractivity contribution in [2.24, 2.45) is 0 Å². The van der Waals surface area contributed by atoms with Gasteiger partial charge in [0.25, 0.3) is 0 Å². The van der Waals surface area contributed by atoms with Gasteiger partial charge < -0.3 is 5.73 Å². The van der Waals surface area contributed by atoms with Gasteiger partial charge in [-0.25, -0.2) is 0 Å². The number of rotatable bonds is 0. The second-order valence-corrected chi connectivity index (χ2v) is 2.97. The molecule has 0 saturated carbocycles. The minimum Gasteiger partial charge on any atom is -0.381 e. The van der Waals surface area contributed by atoms with Crippen molar-refractivity contribution in [2.45, 2.75) is 6.92 Å². The van der Waals surface area contributed by atoms with Gasteiger partial charge in [-0.1, -0.05) is 11.6 Å². The molecule has 0 saturated heterocycles. The number of nitrogen functional groups attached to an aromatic ring is 1. The van der Waals surface area contributed by atoms with Crippen molar-refractivity contribution in [3.8, 4) is 0 Å². The molecule has 0 amide bonds. The van der Waals surface area contributed by atoms with Crippen LogP contribution >= 0.6 is 27.5 Å². The highest BCUT2D eigenvalue weighted by atomic mass is 79.9. The first-order chi connectivity index (χ1) is 4.63. The van der Waals surface area contributed by atoms with Gasteiger partial charge in [-0.2, -0.15) is 0 Å². The smallest absolute Gasteiger partial charge is 0.160 e. The van der Waals surface area contributed by atoms with Crippen molar-refractivity contribution in [1.29, 1.82) is 0 Å². The molecule has 0 aliphatic rings. The predicted octanol–water partition coefficient (Wildman–Crippen LogP) is 1.78. The molecule has 0 radical (unpaired) electrons. The van der Waals surface area contributed by atoms with Gasteiger partial charge in [0.15, 0.2) is 11.0 Å². The van der Waals surface area contributed by atoms with Crippen LogP contribution in [0.4, 0.5) is 5.82 Å². The van der Waals surface area contributed by atoms with Crippen molar-refractivity contribution >= 4 is 33.3 Å². The molecule has 0 unspecified atom stereocenters. The second kappa shape index (κ2) is 2.72. The maximum atomic E-state index is 5.63. The number of halogens is 2. The fraction of sp³-hybridized carbons (Fsp3) is 0.200. The van der Waals surface area contributed by atoms with Crippen LogP contribution in [0, 0.1) is 6.92 Å². The van der Waals surface area contributed by atoms with Crippen molar-refractivity contribution < 1.29 is 0 Å². The first kappa shape index (κ1) is 7.75. The van der Waals surface area contributed by atoms with Crippen molar-refractivity contribution in [3.05, 3.63) is 15.2 Å². The molecule has 0 fully saturated rings. The predicted molar refractivity (Wildman–Crippen MR) is 43.9 cm³/mol. The molecule has 1 heterocycles. The van der Waals surface area contributed by atoms with Crippen LogP contribution in [0.25, 0.3) is 0 Å². The zero-order valence-electron chi connectivity index (χ0n) is 5.23. The van der Waals surface area contributed by atoms with E-state index in [9.17, 15) is 0 Å². The third kappa shape index (κ3) is 1.22. The molecule has 1 aromatic rings. The van der Waals surface area contributed by atoms with Gasteiger partial charge in [0, 0.05) is 5.56 Å². The van der Waals surface area contributed by atoms with Crippen LogP contribution in [0.3, 0.4) is 0 Å². The summed E-state index contributed by atoms with van der Waals surface area (Å²) in [5.41, 5.74) is 6.22. The molecule has 0 aromatic carbocycles. The first-order valence-corrected chi connectivity index (χ1v) is 3.73. The summed E-state index contributed by atoms with van der Waals surface area (Å²) in [5, 5.41) is 7.56. The molecule has 2 N–H and O–H groups in total. The fourth-order valence-corrected chi connectivity index (χ4v) is 1.01. The summed E-state index contributed by atoms with van der Waals surface area (Å²) in [6.45, 7) is 1.82. The number of hydrogen-bond acceptors (Lipinski definition) is 3. The Morgan fingerprint density at radius 1 is 1.50 bits per heavy atom. The summed E-state index contributed by atoms with van der Waals surface area (Å²) in [6.07, 6.45) is 0. The topological polar surface area (TPSA) is 51.8 Å². The molecule has 5 heteroatoms. The molecule has 0 aliphatic heterocycles. The van der Waals surface area contributed by atoms with E-state index in [2.05, 4.69) is 26.1 Å². The van der Waals surface area contributed by atoms with Gasteiger partial charge in [-0.05, 0) is 22.9 Å². The van der Waals surface area contributed by atoms with Gasteiger partial charge in [-0.3, -0.25) is 0 Å². The van der Waals surface area contributed by atoms with E-state index < -0.39 is 0 Å². The lowest BCUT2D eigenvalue weighted by molar-refractivity contribution is 1.02. The molecule has 54 valence electrons. The lowest BCUT2D eigenvalue weighted by Gasteiger charge is -1.99. The minimum atomic E-state index is 0.363. The van der Waals surface area contributed by atoms with Gasteiger partial charge in [0.05, 0.1) is 4.47 Å². The third-order valence-electron chi connectivity index (χ3n) is 1.11. The van der Waals surface area contributed by atoms with E-state index >= 15 is 0 Å². The highest BCUT2D eigenvalue weighted by Crippen LogP contribution is 2.24. The van der Waals surface area contributed by atoms with E-state index in [1.165, 1.54) is 0 Å². The van der Waals surface area contributed by atoms with Crippen LogP contribution in [0.1, 0.15) is 5.56 Å². The highest BCUT2D eigenvalue weighted by molar-refractivity contribution is 9.10. The molecule has 0 spiro atoms. The third-order valence-corrected chi connectivity index (χ3v) is 2.47. The van der Waals surface area contributed by atoms with E-state index in [4.69, 9.17) is 17.3 Å². The van der Waals surface area contributed by atoms with E-state index in [0.717, 1.165) is 5.56 Å². The van der Waals surface area contributed by atoms with E-state index in [1.807, 2.05) is 6.92 Å². The normalized spacial score (nSPS) is 9.90. The van der Waals surface area contributed by atoms with Crippen LogP contribution < -0.4 is 5.73 Å². The average molecular weight is 222 g/mol. The van der Waals surface area contributed by atoms with Crippen molar-refractivity contribution in [1.82, 2.24) is 10.2 Å². The maximum absolute atomic E-state index is 5.63. The van der Waals surface area contributed by atoms with E-state index in [1.54, 1.807) is 0 Å². The first-order valence-electron chi connectivity index (χ1n) is 2.56. The number of hydrogen-bond donors (Lipinski definition) is 1. The molecule has 1 rings (SSSR count). The lowest BCUT2D eigenvalue weighted by atomic mass is 10.3. The van der Waals surface area contributed by atoms with E-state index in [0.29, 0.717) is 15.4 Å². The van der Waals surface area contributed by atoms with Gasteiger partial charge in [0.2, 0.25) is 0 Å². The van der Waals surface area contributed by atoms with Gasteiger partial charge in [0.1, 0.15) is 0 Å². The van der Waals surface area contributed by atoms with Gasteiger partial charge in [-0.15, -0.1) is 10.2 Å². The van der Waals surface area contributed by atoms with Crippen LogP contribution in [0.15, 0.2) is 4.47 Å². The average Bonchev–Trinajstić information content (AvgIpc) is 1.93. The molecular formula is C5H5BrClN3. The van der Waals surface area contributed by atoms with Crippen LogP contribution in [0.5, 0.6) is 0 Å². The largest absolute Gasteiger partial charge is 0.381 e. The zero-order chi connectivity index (χ0) is 7.72. The standard InChI is InChI=1S/C5H5BrClN3/c1-2-3(6)5(8)10-9-4(2)7/h1H3,(H2,8,10). The number of aromatic nitrogens is 2. The van der Waals surface area contributed by atoms with E-state index in [-0.39, 0.29) is 0 Å². The molecule has 0 bridgehead atoms. The Bertz CT molecular complexity index is 236. The van der Waals surface area contributed by atoms with Crippen molar-refractivity contribution in [2.75, 3.05) is 5.73 Å². The minimum absolute atomic E-state index is 0.363. The fourth-order valence-electron chi connectivity index (χ4n) is 0.499. The quantitative estimate of drug-likeness (QED) is 0.728. The Balaban J connectivity index is 3.34. The Kier molecular flexibility index (Phi) is 2.11. The van der Waals surface area contributed by atoms with Crippen LogP contribution in [-0.2, 0) is 0 Å². The van der Waals surface area contributed by atoms with Crippen LogP contribution in [-0.4, -0.2) is 10.2 Å². The summed E-state index contributed by atoms with van der Waals surface area (Å²) in [7, 11) is 0. The maximum Gasteiger partial charge on any atom is 0.160 e. The molecule has 0 aliphatic carbocycles. The second-order valence-electron chi connectivity index (χ2n) is 1.82. The summed E-state index contributed by atoms with van der Waals surface area (Å²) in [4.78, 5) is 0. The number of nitrogens with two attached hydrogens (primary N) is 1. The molecular weight excluding hydrogens is 217 g/mol. The summed E-state index contributed by atoms with van der Waals surface area (Å²) in [5.74, 6) is 0.363. The number of anilines is 1.